The van der Waals surface area contributed by atoms with E-state index in [0.717, 1.165) is 49.1 Å². The maximum atomic E-state index is 10.8. The van der Waals surface area contributed by atoms with Crippen LogP contribution >= 0.6 is 0 Å². The quantitative estimate of drug-likeness (QED) is 0.706. The third kappa shape index (κ3) is 4.21. The Hall–Kier alpha value is -2.37. The Morgan fingerprint density at radius 3 is 2.64 bits per heavy atom. The fourth-order valence-electron chi connectivity index (χ4n) is 4.34. The number of aromatic nitrogens is 2. The van der Waals surface area contributed by atoms with Crippen molar-refractivity contribution in [1.82, 2.24) is 14.5 Å². The number of pyridine rings is 1. The molecule has 0 radical (unpaired) electrons. The molecule has 1 N–H and O–H groups in total. The molecule has 0 bridgehead atoms. The molecule has 1 aromatic carbocycles. The molecule has 3 aromatic rings. The fourth-order valence-corrected chi connectivity index (χ4v) is 4.34. The monoisotopic (exact) mass is 379 g/mol. The van der Waals surface area contributed by atoms with Crippen molar-refractivity contribution in [2.45, 2.75) is 43.8 Å². The van der Waals surface area contributed by atoms with Crippen molar-refractivity contribution in [1.29, 1.82) is 0 Å². The summed E-state index contributed by atoms with van der Waals surface area (Å²) in [5.74, 6) is 1.29. The molecule has 5 heteroatoms. The number of likely N-dealkylation sites (N-methyl/N-ethyl adjacent to an activating group) is 1. The molecule has 4 rings (SSSR count). The largest absolute Gasteiger partial charge is 0.489 e. The molecule has 0 amide bonds. The van der Waals surface area contributed by atoms with Crippen LogP contribution in [0.3, 0.4) is 0 Å². The van der Waals surface area contributed by atoms with E-state index in [-0.39, 0.29) is 0 Å². The summed E-state index contributed by atoms with van der Waals surface area (Å²) in [7, 11) is 4.04. The van der Waals surface area contributed by atoms with Gasteiger partial charge in [-0.3, -0.25) is 0 Å². The number of nitrogens with zero attached hydrogens (tertiary/aromatic N) is 3. The van der Waals surface area contributed by atoms with Crippen molar-refractivity contribution in [2.24, 2.45) is 0 Å². The van der Waals surface area contributed by atoms with E-state index in [2.05, 4.69) is 28.2 Å². The number of hydrogen-bond acceptors (Lipinski definition) is 4. The molecule has 2 aromatic heterocycles. The predicted octanol–water partition coefficient (Wildman–Crippen LogP) is 3.86. The van der Waals surface area contributed by atoms with E-state index in [9.17, 15) is 5.11 Å². The van der Waals surface area contributed by atoms with Gasteiger partial charge >= 0.3 is 0 Å². The van der Waals surface area contributed by atoms with Crippen molar-refractivity contribution in [3.05, 3.63) is 66.0 Å². The van der Waals surface area contributed by atoms with Gasteiger partial charge in [-0.25, -0.2) is 4.52 Å². The first-order chi connectivity index (χ1) is 13.5. The van der Waals surface area contributed by atoms with Gasteiger partial charge in [0.1, 0.15) is 12.4 Å². The first kappa shape index (κ1) is 19.0. The van der Waals surface area contributed by atoms with Gasteiger partial charge in [0.2, 0.25) is 0 Å². The average Bonchev–Trinajstić information content (AvgIpc) is 3.10. The molecule has 1 saturated carbocycles. The Morgan fingerprint density at radius 2 is 1.93 bits per heavy atom. The molecule has 1 aliphatic rings. The standard InChI is InChI=1S/C23H29N3O2/c1-25(2)17-23(27)11-8-19(9-12-23)21-15-24-26-13-10-20(14-22(21)26)28-16-18-6-4-3-5-7-18/h3-7,10,13-15,19,27H,8-9,11-12,16-17H2,1-2H3. The third-order valence-electron chi connectivity index (χ3n) is 5.74. The molecule has 148 valence electrons. The second kappa shape index (κ2) is 7.94. The lowest BCUT2D eigenvalue weighted by atomic mass is 9.76. The van der Waals surface area contributed by atoms with E-state index in [1.54, 1.807) is 0 Å². The van der Waals surface area contributed by atoms with Crippen LogP contribution in [0.25, 0.3) is 5.52 Å². The number of benzene rings is 1. The van der Waals surface area contributed by atoms with Crippen LogP contribution in [-0.2, 0) is 6.61 Å². The van der Waals surface area contributed by atoms with Gasteiger partial charge in [-0.05, 0) is 57.3 Å². The van der Waals surface area contributed by atoms with Crippen LogP contribution in [0.1, 0.15) is 42.7 Å². The van der Waals surface area contributed by atoms with Gasteiger partial charge in [-0.15, -0.1) is 0 Å². The fraction of sp³-hybridized carbons (Fsp3) is 0.435. The van der Waals surface area contributed by atoms with Crippen LogP contribution in [0, 0.1) is 0 Å². The van der Waals surface area contributed by atoms with E-state index in [0.29, 0.717) is 12.5 Å². The van der Waals surface area contributed by atoms with Gasteiger partial charge in [-0.2, -0.15) is 5.10 Å². The Labute approximate surface area is 166 Å². The lowest BCUT2D eigenvalue weighted by molar-refractivity contribution is -0.0202. The zero-order valence-corrected chi connectivity index (χ0v) is 16.7. The Kier molecular flexibility index (Phi) is 5.38. The number of hydrogen-bond donors (Lipinski definition) is 1. The molecule has 28 heavy (non-hydrogen) atoms. The van der Waals surface area contributed by atoms with Crippen LogP contribution in [0.2, 0.25) is 0 Å². The second-order valence-corrected chi connectivity index (χ2v) is 8.30. The summed E-state index contributed by atoms with van der Waals surface area (Å²) in [5, 5.41) is 15.3. The van der Waals surface area contributed by atoms with Crippen LogP contribution in [0.5, 0.6) is 5.75 Å². The summed E-state index contributed by atoms with van der Waals surface area (Å²) >= 11 is 0. The van der Waals surface area contributed by atoms with Crippen LogP contribution in [-0.4, -0.2) is 45.9 Å². The molecule has 0 saturated heterocycles. The number of fused-ring (bicyclic) bond motifs is 1. The minimum absolute atomic E-state index is 0.435. The van der Waals surface area contributed by atoms with Crippen molar-refractivity contribution < 1.29 is 9.84 Å². The molecule has 0 atom stereocenters. The summed E-state index contributed by atoms with van der Waals surface area (Å²) in [5.41, 5.74) is 2.96. The van der Waals surface area contributed by atoms with Gasteiger partial charge < -0.3 is 14.7 Å². The van der Waals surface area contributed by atoms with Gasteiger partial charge in [0, 0.05) is 24.4 Å². The van der Waals surface area contributed by atoms with E-state index in [1.165, 1.54) is 5.56 Å². The molecule has 0 unspecified atom stereocenters. The van der Waals surface area contributed by atoms with E-state index < -0.39 is 5.60 Å². The maximum Gasteiger partial charge on any atom is 0.123 e. The average molecular weight is 380 g/mol. The Balaban J connectivity index is 1.48. The predicted molar refractivity (Wildman–Crippen MR) is 111 cm³/mol. The summed E-state index contributed by atoms with van der Waals surface area (Å²) < 4.78 is 7.92. The van der Waals surface area contributed by atoms with Gasteiger partial charge in [0.25, 0.3) is 0 Å². The van der Waals surface area contributed by atoms with Crippen LogP contribution in [0.4, 0.5) is 0 Å². The second-order valence-electron chi connectivity index (χ2n) is 8.30. The topological polar surface area (TPSA) is 50.0 Å². The third-order valence-corrected chi connectivity index (χ3v) is 5.74. The normalized spacial score (nSPS) is 22.6. The number of aliphatic hydroxyl groups is 1. The molecular weight excluding hydrogens is 350 g/mol. The Morgan fingerprint density at radius 1 is 1.18 bits per heavy atom. The highest BCUT2D eigenvalue weighted by Gasteiger charge is 2.34. The van der Waals surface area contributed by atoms with Gasteiger partial charge in [0.05, 0.1) is 17.3 Å². The summed E-state index contributed by atoms with van der Waals surface area (Å²) in [4.78, 5) is 2.08. The minimum Gasteiger partial charge on any atom is -0.489 e. The lowest BCUT2D eigenvalue weighted by Gasteiger charge is -2.37. The SMILES string of the molecule is CN(C)CC1(O)CCC(c2cnn3ccc(OCc4ccccc4)cc23)CC1. The highest BCUT2D eigenvalue weighted by molar-refractivity contribution is 5.58. The van der Waals surface area contributed by atoms with E-state index in [4.69, 9.17) is 4.74 Å². The smallest absolute Gasteiger partial charge is 0.123 e. The number of rotatable bonds is 6. The van der Waals surface area contributed by atoms with Crippen molar-refractivity contribution in [2.75, 3.05) is 20.6 Å². The first-order valence-corrected chi connectivity index (χ1v) is 10.0. The number of ether oxygens (including phenoxy) is 1. The summed E-state index contributed by atoms with van der Waals surface area (Å²) in [6.07, 6.45) is 7.58. The molecule has 0 spiro atoms. The molecule has 1 aliphatic carbocycles. The van der Waals surface area contributed by atoms with Gasteiger partial charge in [-0.1, -0.05) is 30.3 Å². The zero-order valence-electron chi connectivity index (χ0n) is 16.7. The van der Waals surface area contributed by atoms with E-state index >= 15 is 0 Å². The molecule has 1 fully saturated rings. The van der Waals surface area contributed by atoms with Crippen molar-refractivity contribution >= 4 is 5.52 Å². The first-order valence-electron chi connectivity index (χ1n) is 10.0. The molecular formula is C23H29N3O2. The highest BCUT2D eigenvalue weighted by Crippen LogP contribution is 2.40. The highest BCUT2D eigenvalue weighted by atomic mass is 16.5. The van der Waals surface area contributed by atoms with Gasteiger partial charge in [0.15, 0.2) is 0 Å². The van der Waals surface area contributed by atoms with E-state index in [1.807, 2.05) is 55.3 Å². The molecule has 2 heterocycles. The van der Waals surface area contributed by atoms with Crippen molar-refractivity contribution in [3.63, 3.8) is 0 Å². The van der Waals surface area contributed by atoms with Crippen molar-refractivity contribution in [3.8, 4) is 5.75 Å². The van der Waals surface area contributed by atoms with Crippen LogP contribution < -0.4 is 4.74 Å². The van der Waals surface area contributed by atoms with Crippen LogP contribution in [0.15, 0.2) is 54.9 Å². The molecule has 5 nitrogen and oxygen atoms in total. The molecule has 0 aliphatic heterocycles. The Bertz CT molecular complexity index is 912. The minimum atomic E-state index is -0.563. The zero-order chi connectivity index (χ0) is 19.6. The summed E-state index contributed by atoms with van der Waals surface area (Å²) in [6.45, 7) is 1.29. The maximum absolute atomic E-state index is 10.8. The lowest BCUT2D eigenvalue weighted by Crippen LogP contribution is -2.42. The summed E-state index contributed by atoms with van der Waals surface area (Å²) in [6, 6.07) is 14.3.